The van der Waals surface area contributed by atoms with Crippen LogP contribution in [0.1, 0.15) is 51.6 Å². The van der Waals surface area contributed by atoms with Gasteiger partial charge in [0, 0.05) is 31.0 Å². The number of fused-ring (bicyclic) bond motifs is 2. The predicted molar refractivity (Wildman–Crippen MR) is 121 cm³/mol. The number of hydrogen-bond donors (Lipinski definition) is 3. The van der Waals surface area contributed by atoms with Crippen LogP contribution in [-0.4, -0.2) is 67.9 Å². The van der Waals surface area contributed by atoms with Crippen LogP contribution in [0.15, 0.2) is 24.3 Å². The van der Waals surface area contributed by atoms with E-state index in [2.05, 4.69) is 35.9 Å². The fraction of sp³-hybridized carbons (Fsp3) is 0.667. The van der Waals surface area contributed by atoms with Crippen LogP contribution in [0.5, 0.6) is 5.75 Å². The third-order valence-electron chi connectivity index (χ3n) is 7.18. The second kappa shape index (κ2) is 9.37. The maximum Gasteiger partial charge on any atom is 0.247 e. The second-order valence-corrected chi connectivity index (χ2v) is 9.78. The van der Waals surface area contributed by atoms with Gasteiger partial charge in [0.25, 0.3) is 0 Å². The van der Waals surface area contributed by atoms with E-state index in [4.69, 9.17) is 9.47 Å². The number of carbonyl (C=O) groups excluding carboxylic acids is 2. The highest BCUT2D eigenvalue weighted by atomic mass is 16.5. The molecule has 1 aromatic rings. The van der Waals surface area contributed by atoms with Gasteiger partial charge >= 0.3 is 0 Å². The van der Waals surface area contributed by atoms with Crippen LogP contribution in [-0.2, 0) is 14.3 Å². The monoisotopic (exact) mass is 444 g/mol. The molecule has 0 saturated carbocycles. The zero-order valence-electron chi connectivity index (χ0n) is 19.5. The molecule has 2 amide bonds. The van der Waals surface area contributed by atoms with Gasteiger partial charge in [0.15, 0.2) is 0 Å². The lowest BCUT2D eigenvalue weighted by atomic mass is 9.84. The summed E-state index contributed by atoms with van der Waals surface area (Å²) in [4.78, 5) is 27.9. The minimum atomic E-state index is -0.566. The van der Waals surface area contributed by atoms with Gasteiger partial charge in [-0.25, -0.2) is 0 Å². The van der Waals surface area contributed by atoms with Crippen molar-refractivity contribution < 1.29 is 19.1 Å². The predicted octanol–water partition coefficient (Wildman–Crippen LogP) is 1.57. The van der Waals surface area contributed by atoms with Crippen molar-refractivity contribution in [2.75, 3.05) is 26.8 Å². The molecule has 5 atom stereocenters. The van der Waals surface area contributed by atoms with Gasteiger partial charge < -0.3 is 30.3 Å². The van der Waals surface area contributed by atoms with E-state index in [1.54, 1.807) is 14.0 Å². The molecular weight excluding hydrogens is 408 g/mol. The Balaban J connectivity index is 1.50. The van der Waals surface area contributed by atoms with Crippen molar-refractivity contribution in [3.8, 4) is 5.75 Å². The van der Waals surface area contributed by atoms with Crippen molar-refractivity contribution in [3.05, 3.63) is 29.8 Å². The van der Waals surface area contributed by atoms with Crippen molar-refractivity contribution in [2.45, 2.75) is 70.4 Å². The minimum Gasteiger partial charge on any atom is -0.493 e. The lowest BCUT2D eigenvalue weighted by Gasteiger charge is -2.36. The van der Waals surface area contributed by atoms with Gasteiger partial charge in [-0.15, -0.1) is 0 Å². The van der Waals surface area contributed by atoms with E-state index >= 15 is 0 Å². The summed E-state index contributed by atoms with van der Waals surface area (Å²) < 4.78 is 11.9. The molecule has 8 nitrogen and oxygen atoms in total. The van der Waals surface area contributed by atoms with Gasteiger partial charge in [0.2, 0.25) is 11.8 Å². The summed E-state index contributed by atoms with van der Waals surface area (Å²) in [6.45, 7) is 7.96. The van der Waals surface area contributed by atoms with Crippen molar-refractivity contribution in [2.24, 2.45) is 5.41 Å². The summed E-state index contributed by atoms with van der Waals surface area (Å²) in [6, 6.07) is 7.35. The Morgan fingerprint density at radius 2 is 1.97 bits per heavy atom. The molecule has 0 spiro atoms. The van der Waals surface area contributed by atoms with Crippen molar-refractivity contribution in [3.63, 3.8) is 0 Å². The number of para-hydroxylation sites is 1. The largest absolute Gasteiger partial charge is 0.493 e. The molecule has 0 radical (unpaired) electrons. The van der Waals surface area contributed by atoms with Crippen LogP contribution in [0.4, 0.5) is 0 Å². The molecule has 1 aromatic carbocycles. The smallest absolute Gasteiger partial charge is 0.247 e. The first-order valence-corrected chi connectivity index (χ1v) is 11.7. The molecule has 0 aromatic heterocycles. The number of amides is 2. The third kappa shape index (κ3) is 4.49. The standard InChI is InChI=1S/C24H36N4O4/c1-15(25-4)22(29)27-18-10-12-32-21-13-24(2,3)20(28(21)23(18)30)14-26-17-9-11-31-19-8-6-5-7-16(17)19/h5-8,15,17-18,20-21,25-26H,9-14H2,1-4H3,(H,27,29)/t15?,17?,18-,20+,21-/m0/s1. The van der Waals surface area contributed by atoms with E-state index in [1.807, 2.05) is 23.1 Å². The molecule has 2 unspecified atom stereocenters. The van der Waals surface area contributed by atoms with Crippen LogP contribution in [0.2, 0.25) is 0 Å². The van der Waals surface area contributed by atoms with Crippen LogP contribution < -0.4 is 20.7 Å². The number of carbonyl (C=O) groups is 2. The Kier molecular flexibility index (Phi) is 6.74. The molecule has 8 heteroatoms. The quantitative estimate of drug-likeness (QED) is 0.617. The van der Waals surface area contributed by atoms with Crippen LogP contribution in [0.3, 0.4) is 0 Å². The van der Waals surface area contributed by atoms with Crippen LogP contribution in [0, 0.1) is 5.41 Å². The zero-order chi connectivity index (χ0) is 22.9. The zero-order valence-corrected chi connectivity index (χ0v) is 19.5. The van der Waals surface area contributed by atoms with Gasteiger partial charge in [0.1, 0.15) is 18.0 Å². The Labute approximate surface area is 190 Å². The summed E-state index contributed by atoms with van der Waals surface area (Å²) in [5.74, 6) is 0.709. The lowest BCUT2D eigenvalue weighted by molar-refractivity contribution is -0.144. The highest BCUT2D eigenvalue weighted by Gasteiger charge is 2.51. The molecule has 0 bridgehead atoms. The summed E-state index contributed by atoms with van der Waals surface area (Å²) in [5.41, 5.74) is 1.05. The topological polar surface area (TPSA) is 91.9 Å². The van der Waals surface area contributed by atoms with Crippen molar-refractivity contribution in [1.82, 2.24) is 20.9 Å². The molecule has 176 valence electrons. The molecule has 0 aliphatic carbocycles. The number of nitrogens with one attached hydrogen (secondary N) is 3. The Morgan fingerprint density at radius 3 is 2.75 bits per heavy atom. The fourth-order valence-corrected chi connectivity index (χ4v) is 5.07. The van der Waals surface area contributed by atoms with E-state index in [9.17, 15) is 9.59 Å². The average molecular weight is 445 g/mol. The van der Waals surface area contributed by atoms with Gasteiger partial charge in [-0.2, -0.15) is 0 Å². The first-order valence-electron chi connectivity index (χ1n) is 11.7. The highest BCUT2D eigenvalue weighted by molar-refractivity contribution is 5.90. The SMILES string of the molecule is CNC(C)C(=O)N[C@H]1CCO[C@H]2CC(C)(C)[C@@H](CNC3CCOc4ccccc43)N2C1=O. The molecule has 3 N–H and O–H groups in total. The Hall–Kier alpha value is -2.16. The molecule has 3 heterocycles. The van der Waals surface area contributed by atoms with E-state index in [0.29, 0.717) is 26.2 Å². The first-order chi connectivity index (χ1) is 15.3. The lowest BCUT2D eigenvalue weighted by Crippen LogP contribution is -2.56. The van der Waals surface area contributed by atoms with Gasteiger partial charge in [0.05, 0.1) is 25.3 Å². The molecule has 3 aliphatic rings. The van der Waals surface area contributed by atoms with E-state index < -0.39 is 6.04 Å². The van der Waals surface area contributed by atoms with Crippen molar-refractivity contribution >= 4 is 11.8 Å². The van der Waals surface area contributed by atoms with Gasteiger partial charge in [-0.3, -0.25) is 9.59 Å². The third-order valence-corrected chi connectivity index (χ3v) is 7.18. The summed E-state index contributed by atoms with van der Waals surface area (Å²) in [5, 5.41) is 9.56. The Bertz CT molecular complexity index is 845. The highest BCUT2D eigenvalue weighted by Crippen LogP contribution is 2.42. The van der Waals surface area contributed by atoms with E-state index in [-0.39, 0.29) is 41.6 Å². The number of hydrogen-bond acceptors (Lipinski definition) is 6. The van der Waals surface area contributed by atoms with Crippen LogP contribution >= 0.6 is 0 Å². The molecular formula is C24H36N4O4. The minimum absolute atomic E-state index is 0.0331. The fourth-order valence-electron chi connectivity index (χ4n) is 5.07. The van der Waals surface area contributed by atoms with E-state index in [0.717, 1.165) is 24.2 Å². The molecule has 4 rings (SSSR count). The van der Waals surface area contributed by atoms with Crippen LogP contribution in [0.25, 0.3) is 0 Å². The Morgan fingerprint density at radius 1 is 1.22 bits per heavy atom. The average Bonchev–Trinajstić information content (AvgIpc) is 2.95. The number of nitrogens with zero attached hydrogens (tertiary/aromatic N) is 1. The molecule has 32 heavy (non-hydrogen) atoms. The van der Waals surface area contributed by atoms with Gasteiger partial charge in [-0.1, -0.05) is 32.0 Å². The first kappa shape index (κ1) is 23.0. The number of likely N-dealkylation sites (N-methyl/N-ethyl adjacent to an activating group) is 1. The van der Waals surface area contributed by atoms with Crippen molar-refractivity contribution in [1.29, 1.82) is 0 Å². The molecule has 2 fully saturated rings. The molecule has 2 saturated heterocycles. The molecule has 3 aliphatic heterocycles. The maximum atomic E-state index is 13.6. The summed E-state index contributed by atoms with van der Waals surface area (Å²) >= 11 is 0. The van der Waals surface area contributed by atoms with E-state index in [1.165, 1.54) is 0 Å². The number of ether oxygens (including phenoxy) is 2. The summed E-state index contributed by atoms with van der Waals surface area (Å²) in [6.07, 6.45) is 1.90. The second-order valence-electron chi connectivity index (χ2n) is 9.78. The normalized spacial score (nSPS) is 30.0. The van der Waals surface area contributed by atoms with Gasteiger partial charge in [-0.05, 0) is 31.9 Å². The maximum absolute atomic E-state index is 13.6. The number of rotatable bonds is 6. The summed E-state index contributed by atoms with van der Waals surface area (Å²) in [7, 11) is 1.73. The number of benzene rings is 1.